The molecule has 2 aromatic carbocycles. The number of hydrogen-bond donors (Lipinski definition) is 0. The molecule has 3 aromatic rings. The summed E-state index contributed by atoms with van der Waals surface area (Å²) < 4.78 is 29.5. The molecule has 5 nitrogen and oxygen atoms in total. The summed E-state index contributed by atoms with van der Waals surface area (Å²) in [6.07, 6.45) is 0. The van der Waals surface area contributed by atoms with E-state index in [1.165, 1.54) is 19.2 Å². The normalized spacial score (nSPS) is 10.5. The first kappa shape index (κ1) is 16.7. The van der Waals surface area contributed by atoms with Gasteiger partial charge in [-0.25, -0.2) is 14.2 Å². The number of fused-ring (bicyclic) bond motifs is 1. The highest BCUT2D eigenvalue weighted by Gasteiger charge is 2.14. The second-order valence-corrected chi connectivity index (χ2v) is 5.26. The zero-order valence-corrected chi connectivity index (χ0v) is 13.8. The average Bonchev–Trinajstić information content (AvgIpc) is 2.65. The maximum atomic E-state index is 13.8. The molecule has 0 radical (unpaired) electrons. The predicted octanol–water partition coefficient (Wildman–Crippen LogP) is 3.75. The van der Waals surface area contributed by atoms with Gasteiger partial charge in [-0.1, -0.05) is 18.2 Å². The van der Waals surface area contributed by atoms with E-state index < -0.39 is 5.97 Å². The molecule has 0 saturated carbocycles. The fourth-order valence-corrected chi connectivity index (χ4v) is 2.40. The smallest absolute Gasteiger partial charge is 0.356 e. The zero-order valence-electron chi connectivity index (χ0n) is 13.8. The van der Waals surface area contributed by atoms with Crippen LogP contribution in [0.1, 0.15) is 16.1 Å². The summed E-state index contributed by atoms with van der Waals surface area (Å²) in [5, 5.41) is 0.656. The maximum absolute atomic E-state index is 13.8. The molecular formula is C19H16FNO4. The molecule has 0 saturated heterocycles. The fraction of sp³-hybridized carbons (Fsp3) is 0.158. The molecule has 0 aliphatic carbocycles. The Bertz CT molecular complexity index is 926. The van der Waals surface area contributed by atoms with Crippen molar-refractivity contribution in [2.45, 2.75) is 6.61 Å². The summed E-state index contributed by atoms with van der Waals surface area (Å²) in [6, 6.07) is 13.0. The minimum atomic E-state index is -0.576. The van der Waals surface area contributed by atoms with Gasteiger partial charge in [-0.05, 0) is 24.3 Å². The van der Waals surface area contributed by atoms with Gasteiger partial charge in [0.1, 0.15) is 23.9 Å². The van der Waals surface area contributed by atoms with E-state index in [1.54, 1.807) is 43.5 Å². The van der Waals surface area contributed by atoms with E-state index in [1.807, 2.05) is 0 Å². The molecule has 0 N–H and O–H groups in total. The Kier molecular flexibility index (Phi) is 4.79. The van der Waals surface area contributed by atoms with Gasteiger partial charge in [-0.15, -0.1) is 0 Å². The number of nitrogens with zero attached hydrogens (tertiary/aromatic N) is 1. The first-order chi connectivity index (χ1) is 12.1. The van der Waals surface area contributed by atoms with Gasteiger partial charge in [0.05, 0.1) is 19.7 Å². The Morgan fingerprint density at radius 2 is 1.92 bits per heavy atom. The van der Waals surface area contributed by atoms with Crippen molar-refractivity contribution in [3.63, 3.8) is 0 Å². The second-order valence-electron chi connectivity index (χ2n) is 5.26. The summed E-state index contributed by atoms with van der Waals surface area (Å²) in [5.74, 6) is 0.0866. The summed E-state index contributed by atoms with van der Waals surface area (Å²) in [6.45, 7) is 0.0175. The average molecular weight is 341 g/mol. The lowest BCUT2D eigenvalue weighted by Gasteiger charge is -2.12. The molecule has 0 fully saturated rings. The molecule has 25 heavy (non-hydrogen) atoms. The van der Waals surface area contributed by atoms with E-state index in [9.17, 15) is 9.18 Å². The van der Waals surface area contributed by atoms with E-state index in [4.69, 9.17) is 14.2 Å². The summed E-state index contributed by atoms with van der Waals surface area (Å²) in [5.41, 5.74) is 1.07. The highest BCUT2D eigenvalue weighted by atomic mass is 19.1. The topological polar surface area (TPSA) is 57.7 Å². The van der Waals surface area contributed by atoms with Gasteiger partial charge >= 0.3 is 5.97 Å². The van der Waals surface area contributed by atoms with Crippen molar-refractivity contribution < 1.29 is 23.4 Å². The Balaban J connectivity index is 2.03. The molecule has 1 aromatic heterocycles. The first-order valence-electron chi connectivity index (χ1n) is 7.55. The highest BCUT2D eigenvalue weighted by molar-refractivity contribution is 5.94. The lowest BCUT2D eigenvalue weighted by molar-refractivity contribution is 0.0594. The van der Waals surface area contributed by atoms with Crippen molar-refractivity contribution in [2.24, 2.45) is 0 Å². The Labute approximate surface area is 144 Å². The standard InChI is InChI=1S/C19H16FNO4/c1-23-13-7-8-16-14(9-13)18(10-17(21-16)19(22)24-2)25-11-12-5-3-4-6-15(12)20/h3-10H,11H2,1-2H3. The summed E-state index contributed by atoms with van der Waals surface area (Å²) in [7, 11) is 2.83. The van der Waals surface area contributed by atoms with Crippen molar-refractivity contribution in [3.8, 4) is 11.5 Å². The van der Waals surface area contributed by atoms with Crippen LogP contribution >= 0.6 is 0 Å². The van der Waals surface area contributed by atoms with E-state index in [0.29, 0.717) is 28.0 Å². The number of hydrogen-bond acceptors (Lipinski definition) is 5. The van der Waals surface area contributed by atoms with Crippen molar-refractivity contribution in [3.05, 3.63) is 65.6 Å². The van der Waals surface area contributed by atoms with Crippen LogP contribution < -0.4 is 9.47 Å². The van der Waals surface area contributed by atoms with E-state index in [2.05, 4.69) is 4.98 Å². The number of ether oxygens (including phenoxy) is 3. The highest BCUT2D eigenvalue weighted by Crippen LogP contribution is 2.30. The molecule has 0 amide bonds. The number of halogens is 1. The Hall–Kier alpha value is -3.15. The van der Waals surface area contributed by atoms with Crippen LogP contribution in [0.3, 0.4) is 0 Å². The van der Waals surface area contributed by atoms with Crippen LogP contribution in [0.25, 0.3) is 10.9 Å². The van der Waals surface area contributed by atoms with Crippen LogP contribution in [0.15, 0.2) is 48.5 Å². The van der Waals surface area contributed by atoms with Gasteiger partial charge in [-0.2, -0.15) is 0 Å². The van der Waals surface area contributed by atoms with Crippen LogP contribution in [-0.2, 0) is 11.3 Å². The Morgan fingerprint density at radius 1 is 1.12 bits per heavy atom. The van der Waals surface area contributed by atoms with E-state index in [0.717, 1.165) is 0 Å². The van der Waals surface area contributed by atoms with Crippen molar-refractivity contribution >= 4 is 16.9 Å². The minimum Gasteiger partial charge on any atom is -0.497 e. The molecule has 6 heteroatoms. The number of benzene rings is 2. The minimum absolute atomic E-state index is 0.0175. The molecule has 3 rings (SSSR count). The number of aromatic nitrogens is 1. The van der Waals surface area contributed by atoms with Crippen LogP contribution in [0.2, 0.25) is 0 Å². The second kappa shape index (κ2) is 7.17. The summed E-state index contributed by atoms with van der Waals surface area (Å²) in [4.78, 5) is 16.1. The Morgan fingerprint density at radius 3 is 2.64 bits per heavy atom. The molecule has 0 atom stereocenters. The lowest BCUT2D eigenvalue weighted by Crippen LogP contribution is -2.06. The van der Waals surface area contributed by atoms with Crippen molar-refractivity contribution in [1.29, 1.82) is 0 Å². The SMILES string of the molecule is COC(=O)c1cc(OCc2ccccc2F)c2cc(OC)ccc2n1. The molecular weight excluding hydrogens is 325 g/mol. The van der Waals surface area contributed by atoms with Crippen LogP contribution in [0, 0.1) is 5.82 Å². The predicted molar refractivity (Wildman–Crippen MR) is 90.4 cm³/mol. The zero-order chi connectivity index (χ0) is 17.8. The lowest BCUT2D eigenvalue weighted by atomic mass is 10.1. The van der Waals surface area contributed by atoms with Crippen molar-refractivity contribution in [1.82, 2.24) is 4.98 Å². The number of rotatable bonds is 5. The molecule has 0 aliphatic rings. The van der Waals surface area contributed by atoms with Gasteiger partial charge in [0.15, 0.2) is 5.69 Å². The van der Waals surface area contributed by atoms with Gasteiger partial charge in [0, 0.05) is 17.0 Å². The third kappa shape index (κ3) is 3.52. The number of methoxy groups -OCH3 is 2. The summed E-state index contributed by atoms with van der Waals surface area (Å²) >= 11 is 0. The maximum Gasteiger partial charge on any atom is 0.356 e. The quantitative estimate of drug-likeness (QED) is 0.662. The monoisotopic (exact) mass is 341 g/mol. The third-order valence-corrected chi connectivity index (χ3v) is 3.71. The molecule has 0 aliphatic heterocycles. The van der Waals surface area contributed by atoms with Crippen molar-refractivity contribution in [2.75, 3.05) is 14.2 Å². The largest absolute Gasteiger partial charge is 0.497 e. The molecule has 128 valence electrons. The van der Waals surface area contributed by atoms with E-state index >= 15 is 0 Å². The van der Waals surface area contributed by atoms with Crippen LogP contribution in [-0.4, -0.2) is 25.2 Å². The molecule has 0 unspecified atom stereocenters. The van der Waals surface area contributed by atoms with Crippen LogP contribution in [0.5, 0.6) is 11.5 Å². The van der Waals surface area contributed by atoms with Gasteiger partial charge in [0.25, 0.3) is 0 Å². The third-order valence-electron chi connectivity index (χ3n) is 3.71. The number of carbonyl (C=O) groups is 1. The van der Waals surface area contributed by atoms with Crippen LogP contribution in [0.4, 0.5) is 4.39 Å². The molecule has 0 spiro atoms. The number of carbonyl (C=O) groups excluding carboxylic acids is 1. The van der Waals surface area contributed by atoms with Gasteiger partial charge in [-0.3, -0.25) is 0 Å². The molecule has 0 bridgehead atoms. The van der Waals surface area contributed by atoms with Gasteiger partial charge < -0.3 is 14.2 Å². The molecule has 1 heterocycles. The van der Waals surface area contributed by atoms with E-state index in [-0.39, 0.29) is 18.1 Å². The number of pyridine rings is 1. The fourth-order valence-electron chi connectivity index (χ4n) is 2.40. The first-order valence-corrected chi connectivity index (χ1v) is 7.55. The van der Waals surface area contributed by atoms with Gasteiger partial charge in [0.2, 0.25) is 0 Å². The number of esters is 1.